The van der Waals surface area contributed by atoms with Crippen molar-refractivity contribution in [3.8, 4) is 0 Å². The van der Waals surface area contributed by atoms with E-state index in [4.69, 9.17) is 26.5 Å². The third-order valence-corrected chi connectivity index (χ3v) is 1.57. The van der Waals surface area contributed by atoms with Gasteiger partial charge < -0.3 is 14.9 Å². The minimum atomic E-state index is -2.46. The molecule has 0 rings (SSSR count). The Morgan fingerprint density at radius 3 is 2.11 bits per heavy atom. The quantitative estimate of drug-likeness (QED) is 0.421. The van der Waals surface area contributed by atoms with E-state index in [1.54, 1.807) is 0 Å². The maximum Gasteiger partial charge on any atom is 0.328 e. The van der Waals surface area contributed by atoms with Crippen molar-refractivity contribution in [3.63, 3.8) is 0 Å². The third-order valence-electron chi connectivity index (χ3n) is 0.574. The average molecular weight is 175 g/mol. The number of hydrogen-bond acceptors (Lipinski definition) is 4. The molecule has 2 unspecified atom stereocenters. The molecule has 0 bridgehead atoms. The number of aliphatic hydroxyl groups excluding tert-OH is 1. The summed E-state index contributed by atoms with van der Waals surface area (Å²) in [6.07, 6.45) is -0.907. The molecule has 6 heteroatoms. The molecular formula is C3H8ClO4P. The third kappa shape index (κ3) is 5.03. The summed E-state index contributed by atoms with van der Waals surface area (Å²) >= 11 is 5.23. The zero-order chi connectivity index (χ0) is 7.44. The maximum absolute atomic E-state index is 8.60. The fourth-order valence-corrected chi connectivity index (χ4v) is 0.748. The molecule has 3 N–H and O–H groups in total. The van der Waals surface area contributed by atoms with E-state index in [0.29, 0.717) is 0 Å². The lowest BCUT2D eigenvalue weighted by Crippen LogP contribution is -2.17. The standard InChI is InChI=1S/C3H8ClO4P/c1-2(5)3(4)8-9(6)7/h2-3,5-7H,1H3. The van der Waals surface area contributed by atoms with Crippen molar-refractivity contribution in [2.45, 2.75) is 18.6 Å². The Balaban J connectivity index is 3.38. The predicted molar refractivity (Wildman–Crippen MR) is 33.8 cm³/mol. The lowest BCUT2D eigenvalue weighted by molar-refractivity contribution is 0.0877. The molecular weight excluding hydrogens is 166 g/mol. The molecule has 0 heterocycles. The second-order valence-electron chi connectivity index (χ2n) is 1.45. The van der Waals surface area contributed by atoms with Gasteiger partial charge in [-0.15, -0.1) is 0 Å². The van der Waals surface area contributed by atoms with Crippen LogP contribution in [0.3, 0.4) is 0 Å². The van der Waals surface area contributed by atoms with Gasteiger partial charge in [-0.25, -0.2) is 0 Å². The Labute approximate surface area is 59.0 Å². The van der Waals surface area contributed by atoms with E-state index in [1.807, 2.05) is 0 Å². The van der Waals surface area contributed by atoms with Crippen molar-refractivity contribution in [2.75, 3.05) is 0 Å². The van der Waals surface area contributed by atoms with Gasteiger partial charge >= 0.3 is 8.60 Å². The molecule has 9 heavy (non-hydrogen) atoms. The number of hydrogen-bond donors (Lipinski definition) is 3. The van der Waals surface area contributed by atoms with E-state index in [1.165, 1.54) is 6.92 Å². The van der Waals surface area contributed by atoms with Crippen LogP contribution in [0, 0.1) is 0 Å². The van der Waals surface area contributed by atoms with E-state index >= 15 is 0 Å². The summed E-state index contributed by atoms with van der Waals surface area (Å²) in [5.41, 5.74) is -1.05. The first kappa shape index (κ1) is 9.56. The topological polar surface area (TPSA) is 69.9 Å². The van der Waals surface area contributed by atoms with Gasteiger partial charge in [0.25, 0.3) is 0 Å². The van der Waals surface area contributed by atoms with Crippen LogP contribution in [-0.2, 0) is 4.52 Å². The van der Waals surface area contributed by atoms with E-state index in [-0.39, 0.29) is 0 Å². The van der Waals surface area contributed by atoms with Gasteiger partial charge in [-0.05, 0) is 6.92 Å². The SMILES string of the molecule is CC(O)C(Cl)OP(O)O. The number of alkyl halides is 1. The van der Waals surface area contributed by atoms with E-state index < -0.39 is 20.3 Å². The minimum absolute atomic E-state index is 0.907. The summed E-state index contributed by atoms with van der Waals surface area (Å²) in [6, 6.07) is 0. The number of rotatable bonds is 3. The molecule has 0 aromatic carbocycles. The first-order chi connectivity index (χ1) is 4.04. The van der Waals surface area contributed by atoms with Crippen molar-refractivity contribution in [1.82, 2.24) is 0 Å². The lowest BCUT2D eigenvalue weighted by atomic mass is 10.4. The van der Waals surface area contributed by atoms with Crippen LogP contribution >= 0.6 is 20.2 Å². The van der Waals surface area contributed by atoms with E-state index in [9.17, 15) is 0 Å². The molecule has 0 aromatic heterocycles. The molecule has 0 aliphatic carbocycles. The molecule has 0 radical (unpaired) electrons. The Bertz CT molecular complexity index is 78.2. The van der Waals surface area contributed by atoms with Crippen molar-refractivity contribution >= 4 is 20.2 Å². The first-order valence-electron chi connectivity index (χ1n) is 2.21. The molecule has 0 aliphatic heterocycles. The zero-order valence-electron chi connectivity index (χ0n) is 4.73. The van der Waals surface area contributed by atoms with Crippen LogP contribution in [0.2, 0.25) is 0 Å². The second-order valence-corrected chi connectivity index (χ2v) is 2.60. The summed E-state index contributed by atoms with van der Waals surface area (Å²) in [5.74, 6) is 0. The molecule has 0 amide bonds. The van der Waals surface area contributed by atoms with Crippen molar-refractivity contribution in [3.05, 3.63) is 0 Å². The highest BCUT2D eigenvalue weighted by Crippen LogP contribution is 2.29. The normalized spacial score (nSPS) is 18.0. The molecule has 0 spiro atoms. The highest BCUT2D eigenvalue weighted by Gasteiger charge is 2.15. The Kier molecular flexibility index (Phi) is 4.66. The summed E-state index contributed by atoms with van der Waals surface area (Å²) in [6.45, 7) is 1.39. The Hall–Kier alpha value is 0.560. The molecule has 0 saturated carbocycles. The summed E-state index contributed by atoms with van der Waals surface area (Å²) in [5, 5.41) is 8.60. The van der Waals surface area contributed by atoms with Crippen LogP contribution in [0.4, 0.5) is 0 Å². The largest absolute Gasteiger partial charge is 0.389 e. The second kappa shape index (κ2) is 4.39. The minimum Gasteiger partial charge on any atom is -0.389 e. The van der Waals surface area contributed by atoms with Gasteiger partial charge in [-0.1, -0.05) is 11.6 Å². The molecule has 4 nitrogen and oxygen atoms in total. The molecule has 0 aromatic rings. The van der Waals surface area contributed by atoms with Crippen LogP contribution < -0.4 is 0 Å². The highest BCUT2D eigenvalue weighted by atomic mass is 35.5. The summed E-state index contributed by atoms with van der Waals surface area (Å²) in [7, 11) is -2.46. The molecule has 56 valence electrons. The predicted octanol–water partition coefficient (Wildman–Crippen LogP) is 0.160. The smallest absolute Gasteiger partial charge is 0.328 e. The zero-order valence-corrected chi connectivity index (χ0v) is 6.38. The van der Waals surface area contributed by atoms with Gasteiger partial charge in [0.05, 0.1) is 6.10 Å². The maximum atomic E-state index is 8.60. The Morgan fingerprint density at radius 1 is 1.56 bits per heavy atom. The highest BCUT2D eigenvalue weighted by molar-refractivity contribution is 7.39. The first-order valence-corrected chi connectivity index (χ1v) is 3.81. The van der Waals surface area contributed by atoms with Crippen molar-refractivity contribution < 1.29 is 19.4 Å². The van der Waals surface area contributed by atoms with E-state index in [2.05, 4.69) is 4.52 Å². The molecule has 0 saturated heterocycles. The van der Waals surface area contributed by atoms with Crippen molar-refractivity contribution in [1.29, 1.82) is 0 Å². The van der Waals surface area contributed by atoms with Crippen LogP contribution in [0.25, 0.3) is 0 Å². The van der Waals surface area contributed by atoms with Gasteiger partial charge in [-0.3, -0.25) is 4.52 Å². The monoisotopic (exact) mass is 174 g/mol. The van der Waals surface area contributed by atoms with Gasteiger partial charge in [0.2, 0.25) is 0 Å². The summed E-state index contributed by atoms with van der Waals surface area (Å²) in [4.78, 5) is 16.3. The van der Waals surface area contributed by atoms with Gasteiger partial charge in [0.15, 0.2) is 5.56 Å². The van der Waals surface area contributed by atoms with Crippen LogP contribution in [0.5, 0.6) is 0 Å². The van der Waals surface area contributed by atoms with Crippen molar-refractivity contribution in [2.24, 2.45) is 0 Å². The average Bonchev–Trinajstić information content (AvgIpc) is 1.63. The van der Waals surface area contributed by atoms with Crippen LogP contribution in [0.15, 0.2) is 0 Å². The molecule has 2 atom stereocenters. The number of aliphatic hydroxyl groups is 1. The fourth-order valence-electron chi connectivity index (χ4n) is 0.178. The summed E-state index contributed by atoms with van der Waals surface area (Å²) < 4.78 is 4.20. The lowest BCUT2D eigenvalue weighted by Gasteiger charge is -2.12. The van der Waals surface area contributed by atoms with Crippen LogP contribution in [0.1, 0.15) is 6.92 Å². The van der Waals surface area contributed by atoms with Gasteiger partial charge in [0.1, 0.15) is 0 Å². The number of halogens is 1. The van der Waals surface area contributed by atoms with E-state index in [0.717, 1.165) is 0 Å². The molecule has 0 aliphatic rings. The van der Waals surface area contributed by atoms with Gasteiger partial charge in [0, 0.05) is 0 Å². The van der Waals surface area contributed by atoms with Gasteiger partial charge in [-0.2, -0.15) is 0 Å². The fraction of sp³-hybridized carbons (Fsp3) is 1.00. The Morgan fingerprint density at radius 2 is 2.00 bits per heavy atom. The molecule has 0 fully saturated rings. The van der Waals surface area contributed by atoms with Crippen LogP contribution in [-0.4, -0.2) is 26.6 Å².